The van der Waals surface area contributed by atoms with E-state index in [1.54, 1.807) is 27.7 Å². The standard InChI is InChI=1S/C19H33NO7/c1-9-25-13(21)10-11-19(15(22)24-8)12-26-14(17(2,3)4)20(19)16(23)27-18(5,6)7/h14H,9-12H2,1-8H3. The lowest BCUT2D eigenvalue weighted by Gasteiger charge is -2.41. The summed E-state index contributed by atoms with van der Waals surface area (Å²) in [6, 6.07) is 0. The molecule has 0 aromatic carbocycles. The van der Waals surface area contributed by atoms with Gasteiger partial charge in [-0.25, -0.2) is 9.59 Å². The molecule has 1 aliphatic rings. The van der Waals surface area contributed by atoms with Crippen molar-refractivity contribution in [3.63, 3.8) is 0 Å². The molecule has 1 heterocycles. The number of esters is 2. The number of nitrogens with zero attached hydrogens (tertiary/aromatic N) is 1. The SMILES string of the molecule is CCOC(=O)CCC1(C(=O)OC)COC(C(C)(C)C)N1C(=O)OC(C)(C)C. The summed E-state index contributed by atoms with van der Waals surface area (Å²) < 4.78 is 21.3. The average molecular weight is 387 g/mol. The molecule has 156 valence electrons. The Labute approximate surface area is 161 Å². The second-order valence-electron chi connectivity index (χ2n) is 8.71. The van der Waals surface area contributed by atoms with Crippen molar-refractivity contribution in [3.8, 4) is 0 Å². The Kier molecular flexibility index (Phi) is 7.27. The van der Waals surface area contributed by atoms with Crippen molar-refractivity contribution >= 4 is 18.0 Å². The zero-order chi connectivity index (χ0) is 21.0. The first-order chi connectivity index (χ1) is 12.3. The van der Waals surface area contributed by atoms with Crippen molar-refractivity contribution in [2.75, 3.05) is 20.3 Å². The average Bonchev–Trinajstić information content (AvgIpc) is 2.92. The number of amides is 1. The highest BCUT2D eigenvalue weighted by Gasteiger charge is 2.59. The van der Waals surface area contributed by atoms with Gasteiger partial charge in [0.05, 0.1) is 20.3 Å². The van der Waals surface area contributed by atoms with Crippen LogP contribution in [0.25, 0.3) is 0 Å². The van der Waals surface area contributed by atoms with Crippen molar-refractivity contribution in [3.05, 3.63) is 0 Å². The van der Waals surface area contributed by atoms with Gasteiger partial charge in [-0.15, -0.1) is 0 Å². The third-order valence-corrected chi connectivity index (χ3v) is 4.12. The summed E-state index contributed by atoms with van der Waals surface area (Å²) in [5.74, 6) is -1.10. The molecule has 2 unspecified atom stereocenters. The van der Waals surface area contributed by atoms with E-state index in [0.717, 1.165) is 0 Å². The van der Waals surface area contributed by atoms with Crippen LogP contribution in [0, 0.1) is 5.41 Å². The second kappa shape index (κ2) is 8.46. The minimum Gasteiger partial charge on any atom is -0.467 e. The molecule has 0 radical (unpaired) electrons. The maximum atomic E-state index is 13.0. The molecule has 0 N–H and O–H groups in total. The lowest BCUT2D eigenvalue weighted by atomic mass is 9.88. The number of hydrogen-bond acceptors (Lipinski definition) is 7. The number of rotatable bonds is 5. The fraction of sp³-hybridized carbons (Fsp3) is 0.842. The largest absolute Gasteiger partial charge is 0.467 e. The topological polar surface area (TPSA) is 91.4 Å². The predicted octanol–water partition coefficient (Wildman–Crippen LogP) is 2.88. The van der Waals surface area contributed by atoms with Gasteiger partial charge in [0, 0.05) is 11.8 Å². The maximum Gasteiger partial charge on any atom is 0.413 e. The fourth-order valence-electron chi connectivity index (χ4n) is 2.99. The summed E-state index contributed by atoms with van der Waals surface area (Å²) in [4.78, 5) is 39.0. The van der Waals surface area contributed by atoms with E-state index in [0.29, 0.717) is 0 Å². The number of hydrogen-bond donors (Lipinski definition) is 0. The Hall–Kier alpha value is -1.83. The molecule has 0 bridgehead atoms. The molecule has 8 nitrogen and oxygen atoms in total. The Morgan fingerprint density at radius 3 is 2.19 bits per heavy atom. The first-order valence-electron chi connectivity index (χ1n) is 9.16. The summed E-state index contributed by atoms with van der Waals surface area (Å²) in [6.45, 7) is 12.8. The predicted molar refractivity (Wildman–Crippen MR) is 97.9 cm³/mol. The first-order valence-corrected chi connectivity index (χ1v) is 9.16. The molecule has 0 saturated carbocycles. The van der Waals surface area contributed by atoms with Crippen LogP contribution in [0.5, 0.6) is 0 Å². The number of carbonyl (C=O) groups is 3. The highest BCUT2D eigenvalue weighted by atomic mass is 16.6. The number of carbonyl (C=O) groups excluding carboxylic acids is 3. The summed E-state index contributed by atoms with van der Waals surface area (Å²) in [6.07, 6.45) is -1.44. The highest BCUT2D eigenvalue weighted by Crippen LogP contribution is 2.41. The second-order valence-corrected chi connectivity index (χ2v) is 8.71. The lowest BCUT2D eigenvalue weighted by Crippen LogP contribution is -2.60. The molecule has 0 spiro atoms. The summed E-state index contributed by atoms with van der Waals surface area (Å²) >= 11 is 0. The fourth-order valence-corrected chi connectivity index (χ4v) is 2.99. The molecule has 2 atom stereocenters. The van der Waals surface area contributed by atoms with Gasteiger partial charge in [0.2, 0.25) is 0 Å². The van der Waals surface area contributed by atoms with Gasteiger partial charge in [-0.1, -0.05) is 20.8 Å². The van der Waals surface area contributed by atoms with Crippen LogP contribution in [0.15, 0.2) is 0 Å². The molecule has 1 fully saturated rings. The van der Waals surface area contributed by atoms with Crippen LogP contribution in [-0.2, 0) is 28.5 Å². The molecule has 0 aromatic rings. The van der Waals surface area contributed by atoms with Crippen LogP contribution < -0.4 is 0 Å². The molecule has 1 saturated heterocycles. The van der Waals surface area contributed by atoms with Crippen molar-refractivity contribution < 1.29 is 33.3 Å². The number of methoxy groups -OCH3 is 1. The van der Waals surface area contributed by atoms with Crippen molar-refractivity contribution in [2.24, 2.45) is 5.41 Å². The first kappa shape index (κ1) is 23.2. The van der Waals surface area contributed by atoms with Gasteiger partial charge in [0.25, 0.3) is 0 Å². The summed E-state index contributed by atoms with van der Waals surface area (Å²) in [5.41, 5.74) is -2.70. The molecule has 8 heteroatoms. The van der Waals surface area contributed by atoms with E-state index < -0.39 is 40.8 Å². The molecular weight excluding hydrogens is 354 g/mol. The van der Waals surface area contributed by atoms with Crippen LogP contribution >= 0.6 is 0 Å². The third kappa shape index (κ3) is 5.57. The van der Waals surface area contributed by atoms with Crippen LogP contribution in [0.4, 0.5) is 4.79 Å². The van der Waals surface area contributed by atoms with Crippen molar-refractivity contribution in [1.82, 2.24) is 4.90 Å². The molecule has 0 aliphatic carbocycles. The van der Waals surface area contributed by atoms with Gasteiger partial charge < -0.3 is 18.9 Å². The van der Waals surface area contributed by atoms with E-state index in [-0.39, 0.29) is 26.1 Å². The van der Waals surface area contributed by atoms with E-state index in [4.69, 9.17) is 18.9 Å². The summed E-state index contributed by atoms with van der Waals surface area (Å²) in [7, 11) is 1.24. The minimum absolute atomic E-state index is 0.0182. The van der Waals surface area contributed by atoms with Crippen LogP contribution in [0.2, 0.25) is 0 Å². The van der Waals surface area contributed by atoms with Gasteiger partial charge in [0.1, 0.15) is 11.8 Å². The normalized spacial score (nSPS) is 23.1. The quantitative estimate of drug-likeness (QED) is 0.529. The maximum absolute atomic E-state index is 13.0. The van der Waals surface area contributed by atoms with Crippen molar-refractivity contribution in [2.45, 2.75) is 78.7 Å². The Morgan fingerprint density at radius 2 is 1.74 bits per heavy atom. The van der Waals surface area contributed by atoms with E-state index in [1.807, 2.05) is 20.8 Å². The molecule has 1 rings (SSSR count). The third-order valence-electron chi connectivity index (χ3n) is 4.12. The highest BCUT2D eigenvalue weighted by molar-refractivity contribution is 5.87. The summed E-state index contributed by atoms with van der Waals surface area (Å²) in [5, 5.41) is 0. The minimum atomic E-state index is -1.46. The van der Waals surface area contributed by atoms with E-state index >= 15 is 0 Å². The Morgan fingerprint density at radius 1 is 1.15 bits per heavy atom. The van der Waals surface area contributed by atoms with Gasteiger partial charge >= 0.3 is 18.0 Å². The van der Waals surface area contributed by atoms with Gasteiger partial charge in [-0.05, 0) is 34.1 Å². The lowest BCUT2D eigenvalue weighted by molar-refractivity contribution is -0.156. The van der Waals surface area contributed by atoms with Crippen LogP contribution in [0.3, 0.4) is 0 Å². The van der Waals surface area contributed by atoms with Gasteiger partial charge in [-0.2, -0.15) is 0 Å². The van der Waals surface area contributed by atoms with Gasteiger partial charge in [0.15, 0.2) is 5.54 Å². The number of ether oxygens (including phenoxy) is 4. The molecule has 1 aliphatic heterocycles. The van der Waals surface area contributed by atoms with Crippen molar-refractivity contribution in [1.29, 1.82) is 0 Å². The Bertz CT molecular complexity index is 561. The van der Waals surface area contributed by atoms with E-state index in [2.05, 4.69) is 0 Å². The van der Waals surface area contributed by atoms with Crippen LogP contribution in [-0.4, -0.2) is 60.6 Å². The van der Waals surface area contributed by atoms with Crippen LogP contribution in [0.1, 0.15) is 61.3 Å². The van der Waals surface area contributed by atoms with E-state index in [1.165, 1.54) is 12.0 Å². The van der Waals surface area contributed by atoms with Gasteiger partial charge in [-0.3, -0.25) is 9.69 Å². The molecule has 1 amide bonds. The van der Waals surface area contributed by atoms with E-state index in [9.17, 15) is 14.4 Å². The molecular formula is C19H33NO7. The smallest absolute Gasteiger partial charge is 0.413 e. The monoisotopic (exact) mass is 387 g/mol. The molecule has 0 aromatic heterocycles. The zero-order valence-corrected chi connectivity index (χ0v) is 17.7. The zero-order valence-electron chi connectivity index (χ0n) is 17.7. The molecule has 27 heavy (non-hydrogen) atoms. The Balaban J connectivity index is 3.32.